The Morgan fingerprint density at radius 1 is 1.29 bits per heavy atom. The van der Waals surface area contributed by atoms with Crippen LogP contribution in [0.5, 0.6) is 0 Å². The van der Waals surface area contributed by atoms with E-state index in [9.17, 15) is 4.79 Å². The molecule has 0 bridgehead atoms. The van der Waals surface area contributed by atoms with Gasteiger partial charge in [0.15, 0.2) is 0 Å². The SMILES string of the molecule is C=CC(=O)OC1CCC(c2ccncc2)CC1. The van der Waals surface area contributed by atoms with Crippen LogP contribution >= 0.6 is 0 Å². The second-order valence-electron chi connectivity index (χ2n) is 4.40. The minimum absolute atomic E-state index is 0.0681. The van der Waals surface area contributed by atoms with Gasteiger partial charge in [-0.1, -0.05) is 6.58 Å². The summed E-state index contributed by atoms with van der Waals surface area (Å²) in [5.74, 6) is 0.272. The quantitative estimate of drug-likeness (QED) is 0.593. The van der Waals surface area contributed by atoms with Crippen LogP contribution in [0.1, 0.15) is 37.2 Å². The lowest BCUT2D eigenvalue weighted by Crippen LogP contribution is -2.23. The maximum atomic E-state index is 11.1. The van der Waals surface area contributed by atoms with Gasteiger partial charge in [-0.2, -0.15) is 0 Å². The fraction of sp³-hybridized carbons (Fsp3) is 0.429. The Labute approximate surface area is 102 Å². The van der Waals surface area contributed by atoms with Crippen molar-refractivity contribution in [3.63, 3.8) is 0 Å². The van der Waals surface area contributed by atoms with Crippen molar-refractivity contribution in [1.29, 1.82) is 0 Å². The number of pyridine rings is 1. The highest BCUT2D eigenvalue weighted by Crippen LogP contribution is 2.33. The number of carbonyl (C=O) groups excluding carboxylic acids is 1. The molecule has 90 valence electrons. The number of hydrogen-bond donors (Lipinski definition) is 0. The van der Waals surface area contributed by atoms with E-state index in [4.69, 9.17) is 4.74 Å². The summed E-state index contributed by atoms with van der Waals surface area (Å²) in [6.07, 6.45) is 8.98. The molecule has 0 saturated heterocycles. The predicted molar refractivity (Wildman–Crippen MR) is 65.5 cm³/mol. The van der Waals surface area contributed by atoms with Crippen molar-refractivity contribution < 1.29 is 9.53 Å². The molecular formula is C14H17NO2. The molecule has 1 aromatic heterocycles. The summed E-state index contributed by atoms with van der Waals surface area (Å²) in [5, 5.41) is 0. The summed E-state index contributed by atoms with van der Waals surface area (Å²) in [6, 6.07) is 4.14. The summed E-state index contributed by atoms with van der Waals surface area (Å²) in [6.45, 7) is 3.41. The van der Waals surface area contributed by atoms with Crippen molar-refractivity contribution in [2.75, 3.05) is 0 Å². The molecule has 3 heteroatoms. The van der Waals surface area contributed by atoms with Crippen molar-refractivity contribution in [3.8, 4) is 0 Å². The molecule has 0 atom stereocenters. The molecule has 0 amide bonds. The average molecular weight is 231 g/mol. The third kappa shape index (κ3) is 3.16. The predicted octanol–water partition coefficient (Wildman–Crippen LogP) is 2.84. The molecule has 0 aromatic carbocycles. The van der Waals surface area contributed by atoms with Gasteiger partial charge < -0.3 is 4.74 Å². The Morgan fingerprint density at radius 3 is 2.53 bits per heavy atom. The molecule has 1 aromatic rings. The molecule has 1 saturated carbocycles. The number of carbonyl (C=O) groups is 1. The summed E-state index contributed by atoms with van der Waals surface area (Å²) < 4.78 is 5.26. The lowest BCUT2D eigenvalue weighted by molar-refractivity contribution is -0.144. The van der Waals surface area contributed by atoms with Crippen LogP contribution in [0.25, 0.3) is 0 Å². The number of aromatic nitrogens is 1. The van der Waals surface area contributed by atoms with E-state index in [1.54, 1.807) is 0 Å². The third-order valence-corrected chi connectivity index (χ3v) is 3.30. The number of rotatable bonds is 3. The van der Waals surface area contributed by atoms with Gasteiger partial charge in [0, 0.05) is 18.5 Å². The second kappa shape index (κ2) is 5.62. The number of nitrogens with zero attached hydrogens (tertiary/aromatic N) is 1. The molecule has 0 radical (unpaired) electrons. The van der Waals surface area contributed by atoms with E-state index in [1.807, 2.05) is 12.4 Å². The van der Waals surface area contributed by atoms with Gasteiger partial charge in [0.1, 0.15) is 6.10 Å². The van der Waals surface area contributed by atoms with E-state index in [1.165, 1.54) is 11.6 Å². The first kappa shape index (κ1) is 11.8. The van der Waals surface area contributed by atoms with Crippen LogP contribution in [-0.2, 0) is 9.53 Å². The summed E-state index contributed by atoms with van der Waals surface area (Å²) in [5.41, 5.74) is 1.34. The van der Waals surface area contributed by atoms with E-state index in [-0.39, 0.29) is 12.1 Å². The highest BCUT2D eigenvalue weighted by molar-refractivity contribution is 5.81. The highest BCUT2D eigenvalue weighted by Gasteiger charge is 2.24. The normalized spacial score (nSPS) is 24.0. The Morgan fingerprint density at radius 2 is 1.94 bits per heavy atom. The highest BCUT2D eigenvalue weighted by atomic mass is 16.5. The molecule has 1 aliphatic rings. The molecule has 1 heterocycles. The average Bonchev–Trinajstić information content (AvgIpc) is 2.40. The minimum atomic E-state index is -0.308. The standard InChI is InChI=1S/C14H17NO2/c1-2-14(16)17-13-5-3-11(4-6-13)12-7-9-15-10-8-12/h2,7-11,13H,1,3-6H2. The lowest BCUT2D eigenvalue weighted by Gasteiger charge is -2.28. The van der Waals surface area contributed by atoms with Crippen LogP contribution in [-0.4, -0.2) is 17.1 Å². The van der Waals surface area contributed by atoms with Gasteiger partial charge in [0.25, 0.3) is 0 Å². The van der Waals surface area contributed by atoms with Crippen molar-refractivity contribution >= 4 is 5.97 Å². The van der Waals surface area contributed by atoms with Crippen molar-refractivity contribution in [2.24, 2.45) is 0 Å². The zero-order valence-electron chi connectivity index (χ0n) is 9.84. The molecule has 1 aliphatic carbocycles. The largest absolute Gasteiger partial charge is 0.459 e. The molecule has 0 aliphatic heterocycles. The van der Waals surface area contributed by atoms with Gasteiger partial charge in [-0.25, -0.2) is 4.79 Å². The number of hydrogen-bond acceptors (Lipinski definition) is 3. The monoisotopic (exact) mass is 231 g/mol. The molecule has 17 heavy (non-hydrogen) atoms. The van der Waals surface area contributed by atoms with E-state index in [0.717, 1.165) is 25.7 Å². The van der Waals surface area contributed by atoms with E-state index >= 15 is 0 Å². The topological polar surface area (TPSA) is 39.2 Å². The van der Waals surface area contributed by atoms with Crippen LogP contribution in [0, 0.1) is 0 Å². The van der Waals surface area contributed by atoms with Crippen LogP contribution in [0.2, 0.25) is 0 Å². The lowest BCUT2D eigenvalue weighted by atomic mass is 9.83. The third-order valence-electron chi connectivity index (χ3n) is 3.30. The van der Waals surface area contributed by atoms with Gasteiger partial charge >= 0.3 is 5.97 Å². The molecule has 0 spiro atoms. The molecular weight excluding hydrogens is 214 g/mol. The molecule has 0 unspecified atom stereocenters. The van der Waals surface area contributed by atoms with Crippen molar-refractivity contribution in [3.05, 3.63) is 42.7 Å². The zero-order chi connectivity index (χ0) is 12.1. The summed E-state index contributed by atoms with van der Waals surface area (Å²) in [7, 11) is 0. The van der Waals surface area contributed by atoms with Gasteiger partial charge in [-0.3, -0.25) is 4.98 Å². The van der Waals surface area contributed by atoms with E-state index < -0.39 is 0 Å². The van der Waals surface area contributed by atoms with Crippen LogP contribution in [0.4, 0.5) is 0 Å². The first-order valence-corrected chi connectivity index (χ1v) is 6.02. The van der Waals surface area contributed by atoms with Gasteiger partial charge in [0.2, 0.25) is 0 Å². The van der Waals surface area contributed by atoms with Crippen molar-refractivity contribution in [2.45, 2.75) is 37.7 Å². The molecule has 3 nitrogen and oxygen atoms in total. The molecule has 2 rings (SSSR count). The minimum Gasteiger partial charge on any atom is -0.459 e. The van der Waals surface area contributed by atoms with Gasteiger partial charge in [-0.05, 0) is 49.3 Å². The first-order chi connectivity index (χ1) is 8.29. The fourth-order valence-corrected chi connectivity index (χ4v) is 2.36. The van der Waals surface area contributed by atoms with Gasteiger partial charge in [0.05, 0.1) is 0 Å². The smallest absolute Gasteiger partial charge is 0.330 e. The van der Waals surface area contributed by atoms with Crippen molar-refractivity contribution in [1.82, 2.24) is 4.98 Å². The van der Waals surface area contributed by atoms with Crippen LogP contribution in [0.3, 0.4) is 0 Å². The second-order valence-corrected chi connectivity index (χ2v) is 4.40. The zero-order valence-corrected chi connectivity index (χ0v) is 9.84. The summed E-state index contributed by atoms with van der Waals surface area (Å²) in [4.78, 5) is 15.1. The van der Waals surface area contributed by atoms with Gasteiger partial charge in [-0.15, -0.1) is 0 Å². The fourth-order valence-electron chi connectivity index (χ4n) is 2.36. The van der Waals surface area contributed by atoms with E-state index in [2.05, 4.69) is 23.7 Å². The Bertz CT molecular complexity index is 380. The number of ether oxygens (including phenoxy) is 1. The number of esters is 1. The maximum Gasteiger partial charge on any atom is 0.330 e. The Kier molecular flexibility index (Phi) is 3.91. The summed E-state index contributed by atoms with van der Waals surface area (Å²) >= 11 is 0. The van der Waals surface area contributed by atoms with Crippen LogP contribution < -0.4 is 0 Å². The maximum absolute atomic E-state index is 11.1. The Balaban J connectivity index is 1.86. The molecule has 1 fully saturated rings. The van der Waals surface area contributed by atoms with Crippen LogP contribution in [0.15, 0.2) is 37.2 Å². The Hall–Kier alpha value is -1.64. The first-order valence-electron chi connectivity index (χ1n) is 6.02. The molecule has 0 N–H and O–H groups in total. The van der Waals surface area contributed by atoms with E-state index in [0.29, 0.717) is 5.92 Å².